The van der Waals surface area contributed by atoms with Gasteiger partial charge in [0.25, 0.3) is 0 Å². The van der Waals surface area contributed by atoms with Gasteiger partial charge in [-0.3, -0.25) is 0 Å². The number of alkyl carbamates (subject to hydrolysis) is 1. The summed E-state index contributed by atoms with van der Waals surface area (Å²) in [4.78, 5) is 19.7. The summed E-state index contributed by atoms with van der Waals surface area (Å²) < 4.78 is 55.6. The molecule has 38 heavy (non-hydrogen) atoms. The van der Waals surface area contributed by atoms with E-state index in [0.717, 1.165) is 11.6 Å². The van der Waals surface area contributed by atoms with Crippen LogP contribution in [-0.2, 0) is 22.3 Å². The van der Waals surface area contributed by atoms with Gasteiger partial charge in [-0.2, -0.15) is 13.2 Å². The Balaban J connectivity index is 1.24. The van der Waals surface area contributed by atoms with Crippen LogP contribution in [0.5, 0.6) is 11.5 Å². The standard InChI is InChI=1S/C25H27F3N4O5S/c1-34-19-8-7-16(13-20(19)35-2)15-29-23(33)36-21-14-24(37-31-21)9-11-32(12-10-24)22(38)30-18-6-4-3-5-17(18)25(26,27)28/h3-8,13H,9-12,14-15H2,1-2H3,(H,29,33)(H,30,38). The summed E-state index contributed by atoms with van der Waals surface area (Å²) in [7, 11) is 3.07. The molecule has 0 aromatic heterocycles. The van der Waals surface area contributed by atoms with E-state index in [9.17, 15) is 18.0 Å². The Hall–Kier alpha value is -3.74. The largest absolute Gasteiger partial charge is 0.493 e. The number of piperidine rings is 1. The summed E-state index contributed by atoms with van der Waals surface area (Å²) in [5.74, 6) is 1.28. The van der Waals surface area contributed by atoms with Crippen molar-refractivity contribution in [2.45, 2.75) is 37.6 Å². The van der Waals surface area contributed by atoms with Crippen LogP contribution in [0.3, 0.4) is 0 Å². The number of carbonyl (C=O) groups is 1. The maximum atomic E-state index is 13.3. The lowest BCUT2D eigenvalue weighted by molar-refractivity contribution is -0.136. The lowest BCUT2D eigenvalue weighted by Gasteiger charge is -2.38. The van der Waals surface area contributed by atoms with Crippen LogP contribution in [-0.4, -0.2) is 54.9 Å². The first-order valence-corrected chi connectivity index (χ1v) is 12.2. The molecule has 0 bridgehead atoms. The molecule has 1 spiro atoms. The molecule has 204 valence electrons. The van der Waals surface area contributed by atoms with Gasteiger partial charge in [0.05, 0.1) is 31.9 Å². The number of anilines is 1. The number of alkyl halides is 3. The first-order valence-electron chi connectivity index (χ1n) is 11.8. The van der Waals surface area contributed by atoms with Gasteiger partial charge in [0, 0.05) is 32.5 Å². The van der Waals surface area contributed by atoms with Crippen molar-refractivity contribution in [2.24, 2.45) is 5.16 Å². The minimum Gasteiger partial charge on any atom is -0.493 e. The van der Waals surface area contributed by atoms with E-state index in [1.807, 2.05) is 0 Å². The molecule has 2 heterocycles. The molecule has 0 unspecified atom stereocenters. The Morgan fingerprint density at radius 3 is 2.53 bits per heavy atom. The van der Waals surface area contributed by atoms with Crippen LogP contribution in [0.2, 0.25) is 0 Å². The summed E-state index contributed by atoms with van der Waals surface area (Å²) in [6.45, 7) is 1.08. The summed E-state index contributed by atoms with van der Waals surface area (Å²) in [5.41, 5.74) is -0.750. The SMILES string of the molecule is COc1ccc(CNC(=O)OC2=NOC3(CCN(C(=S)Nc4ccccc4C(F)(F)F)CC3)C2)cc1OC. The number of carbonyl (C=O) groups excluding carboxylic acids is 1. The van der Waals surface area contributed by atoms with Crippen LogP contribution in [0.1, 0.15) is 30.4 Å². The number of rotatable bonds is 5. The van der Waals surface area contributed by atoms with Gasteiger partial charge in [-0.15, -0.1) is 0 Å². The molecular formula is C25H27F3N4O5S. The van der Waals surface area contributed by atoms with Crippen LogP contribution >= 0.6 is 12.2 Å². The quantitative estimate of drug-likeness (QED) is 0.506. The molecule has 0 atom stereocenters. The van der Waals surface area contributed by atoms with Crippen LogP contribution in [0.15, 0.2) is 47.6 Å². The second-order valence-corrected chi connectivity index (χ2v) is 9.22. The minimum absolute atomic E-state index is 0.0967. The van der Waals surface area contributed by atoms with E-state index in [-0.39, 0.29) is 23.2 Å². The molecule has 1 fully saturated rings. The molecule has 2 aliphatic rings. The number of nitrogens with one attached hydrogen (secondary N) is 2. The number of hydrogen-bond donors (Lipinski definition) is 2. The molecule has 2 aliphatic heterocycles. The third kappa shape index (κ3) is 6.39. The number of thiocarbonyl (C=S) groups is 1. The third-order valence-corrected chi connectivity index (χ3v) is 6.71. The van der Waals surface area contributed by atoms with E-state index < -0.39 is 23.4 Å². The van der Waals surface area contributed by atoms with Crippen molar-refractivity contribution in [3.8, 4) is 11.5 Å². The number of nitrogens with zero attached hydrogens (tertiary/aromatic N) is 2. The Kier molecular flexibility index (Phi) is 8.14. The van der Waals surface area contributed by atoms with Crippen molar-refractivity contribution in [2.75, 3.05) is 32.6 Å². The van der Waals surface area contributed by atoms with Gasteiger partial charge in [0.2, 0.25) is 5.90 Å². The van der Waals surface area contributed by atoms with Crippen molar-refractivity contribution in [1.82, 2.24) is 10.2 Å². The van der Waals surface area contributed by atoms with Crippen molar-refractivity contribution < 1.29 is 37.0 Å². The van der Waals surface area contributed by atoms with Gasteiger partial charge in [0.15, 0.2) is 16.6 Å². The number of methoxy groups -OCH3 is 2. The molecule has 2 aromatic carbocycles. The Morgan fingerprint density at radius 1 is 1.13 bits per heavy atom. The van der Waals surface area contributed by atoms with Crippen LogP contribution < -0.4 is 20.1 Å². The highest BCUT2D eigenvalue weighted by Crippen LogP contribution is 2.37. The molecule has 4 rings (SSSR count). The van der Waals surface area contributed by atoms with Gasteiger partial charge < -0.3 is 34.6 Å². The number of amides is 1. The zero-order valence-corrected chi connectivity index (χ0v) is 21.6. The lowest BCUT2D eigenvalue weighted by Crippen LogP contribution is -2.48. The molecule has 2 aromatic rings. The highest BCUT2D eigenvalue weighted by Gasteiger charge is 2.44. The number of ether oxygens (including phenoxy) is 3. The predicted molar refractivity (Wildman–Crippen MR) is 137 cm³/mol. The fourth-order valence-electron chi connectivity index (χ4n) is 4.27. The normalized spacial score (nSPS) is 16.3. The van der Waals surface area contributed by atoms with Gasteiger partial charge in [-0.1, -0.05) is 23.4 Å². The monoisotopic (exact) mass is 552 g/mol. The lowest BCUT2D eigenvalue weighted by atomic mass is 9.88. The number of hydrogen-bond acceptors (Lipinski definition) is 7. The van der Waals surface area contributed by atoms with E-state index in [1.165, 1.54) is 32.4 Å². The van der Waals surface area contributed by atoms with Crippen LogP contribution in [0.25, 0.3) is 0 Å². The Morgan fingerprint density at radius 2 is 1.84 bits per heavy atom. The first-order chi connectivity index (χ1) is 18.1. The Labute approximate surface area is 222 Å². The fraction of sp³-hybridized carbons (Fsp3) is 0.400. The summed E-state index contributed by atoms with van der Waals surface area (Å²) in [5, 5.41) is 9.51. The number of benzene rings is 2. The maximum Gasteiger partial charge on any atom is 0.418 e. The average Bonchev–Trinajstić information content (AvgIpc) is 3.28. The van der Waals surface area contributed by atoms with Crippen molar-refractivity contribution in [3.05, 3.63) is 53.6 Å². The van der Waals surface area contributed by atoms with E-state index in [1.54, 1.807) is 23.1 Å². The molecular weight excluding hydrogens is 525 g/mol. The highest BCUT2D eigenvalue weighted by molar-refractivity contribution is 7.80. The molecule has 2 N–H and O–H groups in total. The van der Waals surface area contributed by atoms with Crippen LogP contribution in [0.4, 0.5) is 23.7 Å². The zero-order valence-electron chi connectivity index (χ0n) is 20.8. The van der Waals surface area contributed by atoms with E-state index in [4.69, 9.17) is 31.3 Å². The average molecular weight is 553 g/mol. The van der Waals surface area contributed by atoms with E-state index >= 15 is 0 Å². The second kappa shape index (κ2) is 11.3. The number of halogens is 3. The predicted octanol–water partition coefficient (Wildman–Crippen LogP) is 4.91. The molecule has 0 radical (unpaired) electrons. The van der Waals surface area contributed by atoms with Gasteiger partial charge in [-0.05, 0) is 42.0 Å². The van der Waals surface area contributed by atoms with Gasteiger partial charge in [0.1, 0.15) is 5.60 Å². The van der Waals surface area contributed by atoms with E-state index in [2.05, 4.69) is 15.8 Å². The number of para-hydroxylation sites is 1. The molecule has 1 saturated heterocycles. The molecule has 9 nitrogen and oxygen atoms in total. The first kappa shape index (κ1) is 27.3. The topological polar surface area (TPSA) is 93.7 Å². The molecule has 13 heteroatoms. The summed E-state index contributed by atoms with van der Waals surface area (Å²) in [6, 6.07) is 10.5. The minimum atomic E-state index is -4.50. The fourth-order valence-corrected chi connectivity index (χ4v) is 4.56. The maximum absolute atomic E-state index is 13.3. The van der Waals surface area contributed by atoms with Crippen molar-refractivity contribution in [1.29, 1.82) is 0 Å². The highest BCUT2D eigenvalue weighted by atomic mass is 32.1. The number of oxime groups is 1. The Bertz CT molecular complexity index is 1220. The van der Waals surface area contributed by atoms with Gasteiger partial charge >= 0.3 is 12.3 Å². The van der Waals surface area contributed by atoms with Crippen molar-refractivity contribution in [3.63, 3.8) is 0 Å². The van der Waals surface area contributed by atoms with Gasteiger partial charge in [-0.25, -0.2) is 4.79 Å². The third-order valence-electron chi connectivity index (χ3n) is 6.35. The second-order valence-electron chi connectivity index (χ2n) is 8.83. The van der Waals surface area contributed by atoms with Crippen LogP contribution in [0, 0.1) is 0 Å². The molecule has 0 aliphatic carbocycles. The zero-order chi connectivity index (χ0) is 27.3. The number of likely N-dealkylation sites (tertiary alicyclic amines) is 1. The molecule has 1 amide bonds. The summed E-state index contributed by atoms with van der Waals surface area (Å²) >= 11 is 5.37. The van der Waals surface area contributed by atoms with Crippen molar-refractivity contribution >= 4 is 35.0 Å². The molecule has 0 saturated carbocycles. The summed E-state index contributed by atoms with van der Waals surface area (Å²) in [6.07, 6.45) is -3.88. The van der Waals surface area contributed by atoms with E-state index in [0.29, 0.717) is 43.9 Å². The smallest absolute Gasteiger partial charge is 0.418 e.